The highest BCUT2D eigenvalue weighted by Gasteiger charge is 2.13. The Morgan fingerprint density at radius 1 is 1.24 bits per heavy atom. The summed E-state index contributed by atoms with van der Waals surface area (Å²) in [6.45, 7) is 2.37. The van der Waals surface area contributed by atoms with Crippen molar-refractivity contribution in [1.82, 2.24) is 10.3 Å². The van der Waals surface area contributed by atoms with Crippen LogP contribution in [0.15, 0.2) is 52.3 Å². The van der Waals surface area contributed by atoms with Crippen LogP contribution in [0.3, 0.4) is 0 Å². The van der Waals surface area contributed by atoms with Gasteiger partial charge in [0.05, 0.1) is 0 Å². The van der Waals surface area contributed by atoms with E-state index in [1.54, 1.807) is 5.38 Å². The maximum atomic E-state index is 12.1. The lowest BCUT2D eigenvalue weighted by molar-refractivity contribution is 0.0946. The molecule has 0 atom stereocenters. The Balaban J connectivity index is 1.67. The number of rotatable bonds is 4. The summed E-state index contributed by atoms with van der Waals surface area (Å²) >= 11 is 1.40. The van der Waals surface area contributed by atoms with E-state index >= 15 is 0 Å². The number of furan rings is 1. The van der Waals surface area contributed by atoms with E-state index in [2.05, 4.69) is 10.3 Å². The highest BCUT2D eigenvalue weighted by molar-refractivity contribution is 7.13. The van der Waals surface area contributed by atoms with Crippen molar-refractivity contribution >= 4 is 17.2 Å². The molecule has 21 heavy (non-hydrogen) atoms. The van der Waals surface area contributed by atoms with Crippen LogP contribution in [0.25, 0.3) is 10.8 Å². The third-order valence-corrected chi connectivity index (χ3v) is 3.84. The van der Waals surface area contributed by atoms with E-state index < -0.39 is 0 Å². The Morgan fingerprint density at radius 2 is 2.05 bits per heavy atom. The third-order valence-electron chi connectivity index (χ3n) is 2.98. The zero-order valence-electron chi connectivity index (χ0n) is 11.5. The molecule has 0 saturated carbocycles. The van der Waals surface area contributed by atoms with Crippen LogP contribution in [0.2, 0.25) is 0 Å². The van der Waals surface area contributed by atoms with E-state index in [4.69, 9.17) is 4.42 Å². The van der Waals surface area contributed by atoms with E-state index in [0.29, 0.717) is 23.0 Å². The van der Waals surface area contributed by atoms with Crippen molar-refractivity contribution in [3.63, 3.8) is 0 Å². The molecule has 3 aromatic rings. The first-order valence-corrected chi connectivity index (χ1v) is 7.45. The maximum Gasteiger partial charge on any atom is 0.271 e. The first-order chi connectivity index (χ1) is 10.2. The SMILES string of the molecule is Cc1ccc(-c2nc(C(=O)NCc3ccccc3)cs2)o1. The molecule has 1 amide bonds. The lowest BCUT2D eigenvalue weighted by atomic mass is 10.2. The topological polar surface area (TPSA) is 55.1 Å². The van der Waals surface area contributed by atoms with Crippen molar-refractivity contribution in [3.8, 4) is 10.8 Å². The van der Waals surface area contributed by atoms with Gasteiger partial charge in [-0.1, -0.05) is 30.3 Å². The summed E-state index contributed by atoms with van der Waals surface area (Å²) < 4.78 is 5.51. The zero-order chi connectivity index (χ0) is 14.7. The molecule has 0 bridgehead atoms. The lowest BCUT2D eigenvalue weighted by Crippen LogP contribution is -2.23. The van der Waals surface area contributed by atoms with E-state index in [-0.39, 0.29) is 5.91 Å². The molecule has 0 aliphatic carbocycles. The molecule has 0 fully saturated rings. The van der Waals surface area contributed by atoms with E-state index in [9.17, 15) is 4.79 Å². The molecule has 0 radical (unpaired) electrons. The van der Waals surface area contributed by atoms with E-state index in [0.717, 1.165) is 11.3 Å². The second-order valence-corrected chi connectivity index (χ2v) is 5.47. The van der Waals surface area contributed by atoms with Crippen LogP contribution < -0.4 is 5.32 Å². The number of carbonyl (C=O) groups excluding carboxylic acids is 1. The number of aryl methyl sites for hydroxylation is 1. The quantitative estimate of drug-likeness (QED) is 0.800. The van der Waals surface area contributed by atoms with E-state index in [1.165, 1.54) is 11.3 Å². The molecule has 106 valence electrons. The average molecular weight is 298 g/mol. The van der Waals surface area contributed by atoms with Crippen molar-refractivity contribution < 1.29 is 9.21 Å². The first kappa shape index (κ1) is 13.6. The number of aromatic nitrogens is 1. The van der Waals surface area contributed by atoms with Gasteiger partial charge >= 0.3 is 0 Å². The average Bonchev–Trinajstić information content (AvgIpc) is 3.14. The van der Waals surface area contributed by atoms with Crippen LogP contribution in [-0.2, 0) is 6.54 Å². The lowest BCUT2D eigenvalue weighted by Gasteiger charge is -2.02. The van der Waals surface area contributed by atoms with Crippen LogP contribution in [0.4, 0.5) is 0 Å². The monoisotopic (exact) mass is 298 g/mol. The van der Waals surface area contributed by atoms with Gasteiger partial charge in [0.15, 0.2) is 10.8 Å². The molecule has 3 rings (SSSR count). The van der Waals surface area contributed by atoms with Crippen molar-refractivity contribution in [2.75, 3.05) is 0 Å². The van der Waals surface area contributed by atoms with Crippen LogP contribution in [0.1, 0.15) is 21.8 Å². The maximum absolute atomic E-state index is 12.1. The van der Waals surface area contributed by atoms with Crippen LogP contribution in [-0.4, -0.2) is 10.9 Å². The number of thiazole rings is 1. The molecule has 1 aromatic carbocycles. The van der Waals surface area contributed by atoms with Gasteiger partial charge in [-0.05, 0) is 24.6 Å². The highest BCUT2D eigenvalue weighted by atomic mass is 32.1. The number of amides is 1. The van der Waals surface area contributed by atoms with Gasteiger partial charge in [0, 0.05) is 11.9 Å². The molecule has 0 saturated heterocycles. The Hall–Kier alpha value is -2.40. The van der Waals surface area contributed by atoms with Gasteiger partial charge in [0.25, 0.3) is 5.91 Å². The highest BCUT2D eigenvalue weighted by Crippen LogP contribution is 2.25. The molecule has 0 spiro atoms. The molecule has 0 aliphatic rings. The predicted molar refractivity (Wildman–Crippen MR) is 82.2 cm³/mol. The molecule has 2 heterocycles. The van der Waals surface area contributed by atoms with Gasteiger partial charge in [-0.3, -0.25) is 4.79 Å². The molecular weight excluding hydrogens is 284 g/mol. The van der Waals surface area contributed by atoms with Gasteiger partial charge < -0.3 is 9.73 Å². The standard InChI is InChI=1S/C16H14N2O2S/c1-11-7-8-14(20-11)16-18-13(10-21-16)15(19)17-9-12-5-3-2-4-6-12/h2-8,10H,9H2,1H3,(H,17,19). The summed E-state index contributed by atoms with van der Waals surface area (Å²) in [4.78, 5) is 16.4. The molecule has 0 aliphatic heterocycles. The molecule has 4 nitrogen and oxygen atoms in total. The normalized spacial score (nSPS) is 10.5. The smallest absolute Gasteiger partial charge is 0.271 e. The van der Waals surface area contributed by atoms with Crippen LogP contribution in [0, 0.1) is 6.92 Å². The summed E-state index contributed by atoms with van der Waals surface area (Å²) in [5.74, 6) is 1.35. The van der Waals surface area contributed by atoms with Crippen LogP contribution in [0.5, 0.6) is 0 Å². The molecule has 2 aromatic heterocycles. The minimum Gasteiger partial charge on any atom is -0.459 e. The molecule has 1 N–H and O–H groups in total. The second kappa shape index (κ2) is 5.93. The largest absolute Gasteiger partial charge is 0.459 e. The fourth-order valence-electron chi connectivity index (χ4n) is 1.91. The number of hydrogen-bond acceptors (Lipinski definition) is 4. The fourth-order valence-corrected chi connectivity index (χ4v) is 2.67. The number of nitrogens with zero attached hydrogens (tertiary/aromatic N) is 1. The summed E-state index contributed by atoms with van der Waals surface area (Å²) in [5, 5.41) is 5.32. The fraction of sp³-hybridized carbons (Fsp3) is 0.125. The predicted octanol–water partition coefficient (Wildman–Crippen LogP) is 3.64. The minimum absolute atomic E-state index is 0.176. The Bertz CT molecular complexity index is 746. The van der Waals surface area contributed by atoms with Gasteiger partial charge in [0.1, 0.15) is 11.5 Å². The van der Waals surface area contributed by atoms with Crippen molar-refractivity contribution in [2.24, 2.45) is 0 Å². The molecular formula is C16H14N2O2S. The number of nitrogens with one attached hydrogen (secondary N) is 1. The molecule has 0 unspecified atom stereocenters. The van der Waals surface area contributed by atoms with Crippen molar-refractivity contribution in [1.29, 1.82) is 0 Å². The molecule has 5 heteroatoms. The Kier molecular flexibility index (Phi) is 3.83. The van der Waals surface area contributed by atoms with Crippen molar-refractivity contribution in [3.05, 3.63) is 64.9 Å². The summed E-state index contributed by atoms with van der Waals surface area (Å²) in [6.07, 6.45) is 0. The summed E-state index contributed by atoms with van der Waals surface area (Å²) in [5.41, 5.74) is 1.47. The van der Waals surface area contributed by atoms with E-state index in [1.807, 2.05) is 49.4 Å². The van der Waals surface area contributed by atoms with Crippen molar-refractivity contribution in [2.45, 2.75) is 13.5 Å². The summed E-state index contributed by atoms with van der Waals surface area (Å²) in [7, 11) is 0. The van der Waals surface area contributed by atoms with Gasteiger partial charge in [-0.25, -0.2) is 4.98 Å². The Labute approximate surface area is 126 Å². The number of hydrogen-bond donors (Lipinski definition) is 1. The number of benzene rings is 1. The Morgan fingerprint density at radius 3 is 2.76 bits per heavy atom. The van der Waals surface area contributed by atoms with Gasteiger partial charge in [0.2, 0.25) is 0 Å². The second-order valence-electron chi connectivity index (χ2n) is 4.62. The zero-order valence-corrected chi connectivity index (χ0v) is 12.3. The van der Waals surface area contributed by atoms with Gasteiger partial charge in [-0.15, -0.1) is 11.3 Å². The van der Waals surface area contributed by atoms with Crippen LogP contribution >= 0.6 is 11.3 Å². The summed E-state index contributed by atoms with van der Waals surface area (Å²) in [6, 6.07) is 13.5. The van der Waals surface area contributed by atoms with Gasteiger partial charge in [-0.2, -0.15) is 0 Å². The third kappa shape index (κ3) is 3.20. The minimum atomic E-state index is -0.176. The number of carbonyl (C=O) groups is 1. The first-order valence-electron chi connectivity index (χ1n) is 6.57.